The van der Waals surface area contributed by atoms with Crippen molar-refractivity contribution < 1.29 is 19.1 Å². The maximum absolute atomic E-state index is 12.1. The Balaban J connectivity index is 1.95. The van der Waals surface area contributed by atoms with Gasteiger partial charge in [-0.25, -0.2) is 0 Å². The first-order valence-electron chi connectivity index (χ1n) is 7.09. The van der Waals surface area contributed by atoms with Gasteiger partial charge in [0.2, 0.25) is 5.91 Å². The van der Waals surface area contributed by atoms with E-state index < -0.39 is 5.60 Å². The number of aryl methyl sites for hydroxylation is 1. The number of hydrogen-bond acceptors (Lipinski definition) is 4. The topological polar surface area (TPSA) is 71.7 Å². The normalized spacial score (nSPS) is 18.9. The van der Waals surface area contributed by atoms with Crippen molar-refractivity contribution in [2.75, 3.05) is 13.7 Å². The maximum Gasteiger partial charge on any atom is 0.223 e. The summed E-state index contributed by atoms with van der Waals surface area (Å²) in [5, 5.41) is 13.1. The lowest BCUT2D eigenvalue weighted by Gasteiger charge is -2.23. The SMILES string of the molecule is COCC(NC(=O)CC1(O)CCCC1)c1ccc(C)o1. The van der Waals surface area contributed by atoms with E-state index in [1.807, 2.05) is 19.1 Å². The van der Waals surface area contributed by atoms with Crippen LogP contribution in [0.4, 0.5) is 0 Å². The van der Waals surface area contributed by atoms with Crippen LogP contribution in [0, 0.1) is 6.92 Å². The highest BCUT2D eigenvalue weighted by molar-refractivity contribution is 5.77. The molecule has 0 bridgehead atoms. The van der Waals surface area contributed by atoms with E-state index in [4.69, 9.17) is 9.15 Å². The number of hydrogen-bond donors (Lipinski definition) is 2. The zero-order valence-electron chi connectivity index (χ0n) is 12.1. The molecule has 0 saturated heterocycles. The minimum absolute atomic E-state index is 0.146. The van der Waals surface area contributed by atoms with Crippen molar-refractivity contribution >= 4 is 5.91 Å². The van der Waals surface area contributed by atoms with E-state index in [2.05, 4.69) is 5.32 Å². The standard InChI is InChI=1S/C15H23NO4/c1-11-5-6-13(20-11)12(10-19-2)16-14(17)9-15(18)7-3-4-8-15/h5-6,12,18H,3-4,7-10H2,1-2H3,(H,16,17). The molecule has 5 heteroatoms. The molecule has 20 heavy (non-hydrogen) atoms. The smallest absolute Gasteiger partial charge is 0.223 e. The first-order chi connectivity index (χ1) is 9.52. The molecule has 1 unspecified atom stereocenters. The van der Waals surface area contributed by atoms with Crippen LogP contribution in [0.2, 0.25) is 0 Å². The number of amides is 1. The van der Waals surface area contributed by atoms with Crippen LogP contribution in [-0.4, -0.2) is 30.3 Å². The fourth-order valence-corrected chi connectivity index (χ4v) is 2.76. The lowest BCUT2D eigenvalue weighted by molar-refractivity contribution is -0.127. The van der Waals surface area contributed by atoms with Crippen molar-refractivity contribution in [3.63, 3.8) is 0 Å². The van der Waals surface area contributed by atoms with Gasteiger partial charge in [-0.15, -0.1) is 0 Å². The van der Waals surface area contributed by atoms with Crippen molar-refractivity contribution in [2.45, 2.75) is 50.7 Å². The fourth-order valence-electron chi connectivity index (χ4n) is 2.76. The molecule has 0 aromatic carbocycles. The van der Waals surface area contributed by atoms with Gasteiger partial charge in [-0.1, -0.05) is 12.8 Å². The number of methoxy groups -OCH3 is 1. The quantitative estimate of drug-likeness (QED) is 0.837. The van der Waals surface area contributed by atoms with Crippen LogP contribution in [-0.2, 0) is 9.53 Å². The molecule has 1 amide bonds. The van der Waals surface area contributed by atoms with Gasteiger partial charge in [-0.05, 0) is 31.9 Å². The summed E-state index contributed by atoms with van der Waals surface area (Å²) in [4.78, 5) is 12.1. The van der Waals surface area contributed by atoms with Crippen LogP contribution < -0.4 is 5.32 Å². The Bertz CT molecular complexity index is 448. The molecule has 1 atom stereocenters. The lowest BCUT2D eigenvalue weighted by atomic mass is 9.97. The molecule has 1 saturated carbocycles. The van der Waals surface area contributed by atoms with E-state index in [0.717, 1.165) is 18.6 Å². The van der Waals surface area contributed by atoms with Crippen molar-refractivity contribution in [1.82, 2.24) is 5.32 Å². The second-order valence-electron chi connectivity index (χ2n) is 5.63. The van der Waals surface area contributed by atoms with E-state index in [9.17, 15) is 9.90 Å². The Labute approximate surface area is 119 Å². The summed E-state index contributed by atoms with van der Waals surface area (Å²) in [5.41, 5.74) is -0.833. The van der Waals surface area contributed by atoms with Crippen LogP contribution in [0.25, 0.3) is 0 Å². The molecule has 1 aromatic heterocycles. The highest BCUT2D eigenvalue weighted by atomic mass is 16.5. The number of aliphatic hydroxyl groups is 1. The average Bonchev–Trinajstić information content (AvgIpc) is 2.98. The Kier molecular flexibility index (Phi) is 4.83. The average molecular weight is 281 g/mol. The van der Waals surface area contributed by atoms with Gasteiger partial charge in [0.25, 0.3) is 0 Å². The third kappa shape index (κ3) is 3.84. The molecule has 0 aliphatic heterocycles. The second kappa shape index (κ2) is 6.41. The summed E-state index contributed by atoms with van der Waals surface area (Å²) in [6, 6.07) is 3.38. The molecule has 0 spiro atoms. The Hall–Kier alpha value is -1.33. The van der Waals surface area contributed by atoms with Gasteiger partial charge < -0.3 is 19.6 Å². The molecule has 1 aliphatic rings. The highest BCUT2D eigenvalue weighted by Crippen LogP contribution is 2.32. The van der Waals surface area contributed by atoms with Gasteiger partial charge in [0.1, 0.15) is 17.6 Å². The molecule has 1 aromatic rings. The lowest BCUT2D eigenvalue weighted by Crippen LogP contribution is -2.37. The number of nitrogens with one attached hydrogen (secondary N) is 1. The monoisotopic (exact) mass is 281 g/mol. The van der Waals surface area contributed by atoms with Gasteiger partial charge in [0.15, 0.2) is 0 Å². The molecule has 0 radical (unpaired) electrons. The first-order valence-corrected chi connectivity index (χ1v) is 7.09. The van der Waals surface area contributed by atoms with Crippen molar-refractivity contribution in [2.24, 2.45) is 0 Å². The van der Waals surface area contributed by atoms with E-state index in [-0.39, 0.29) is 18.4 Å². The summed E-state index contributed by atoms with van der Waals surface area (Å²) < 4.78 is 10.7. The van der Waals surface area contributed by atoms with Crippen LogP contribution in [0.5, 0.6) is 0 Å². The Morgan fingerprint density at radius 3 is 2.75 bits per heavy atom. The molecule has 1 fully saturated rings. The molecular formula is C15H23NO4. The minimum Gasteiger partial charge on any atom is -0.464 e. The predicted octanol–water partition coefficient (Wildman–Crippen LogP) is 2.09. The largest absolute Gasteiger partial charge is 0.464 e. The van der Waals surface area contributed by atoms with Gasteiger partial charge in [0.05, 0.1) is 18.6 Å². The first kappa shape index (κ1) is 15.1. The second-order valence-corrected chi connectivity index (χ2v) is 5.63. The van der Waals surface area contributed by atoms with Crippen LogP contribution in [0.3, 0.4) is 0 Å². The number of ether oxygens (including phenoxy) is 1. The maximum atomic E-state index is 12.1. The van der Waals surface area contributed by atoms with Crippen molar-refractivity contribution in [3.05, 3.63) is 23.7 Å². The molecular weight excluding hydrogens is 258 g/mol. The zero-order chi connectivity index (χ0) is 14.6. The Morgan fingerprint density at radius 1 is 1.50 bits per heavy atom. The molecule has 2 rings (SSSR count). The summed E-state index contributed by atoms with van der Waals surface area (Å²) >= 11 is 0. The number of carbonyl (C=O) groups excluding carboxylic acids is 1. The predicted molar refractivity (Wildman–Crippen MR) is 74.2 cm³/mol. The van der Waals surface area contributed by atoms with Crippen molar-refractivity contribution in [3.8, 4) is 0 Å². The van der Waals surface area contributed by atoms with Crippen LogP contribution in [0.15, 0.2) is 16.5 Å². The molecule has 5 nitrogen and oxygen atoms in total. The Morgan fingerprint density at radius 2 is 2.20 bits per heavy atom. The van der Waals surface area contributed by atoms with Gasteiger partial charge in [0, 0.05) is 7.11 Å². The van der Waals surface area contributed by atoms with Gasteiger partial charge in [-0.3, -0.25) is 4.79 Å². The van der Waals surface area contributed by atoms with Crippen LogP contribution in [0.1, 0.15) is 49.7 Å². The van der Waals surface area contributed by atoms with E-state index in [1.165, 1.54) is 0 Å². The third-order valence-electron chi connectivity index (χ3n) is 3.80. The van der Waals surface area contributed by atoms with Gasteiger partial charge in [-0.2, -0.15) is 0 Å². The van der Waals surface area contributed by atoms with Gasteiger partial charge >= 0.3 is 0 Å². The highest BCUT2D eigenvalue weighted by Gasteiger charge is 2.34. The van der Waals surface area contributed by atoms with E-state index in [0.29, 0.717) is 25.2 Å². The number of carbonyl (C=O) groups is 1. The van der Waals surface area contributed by atoms with E-state index in [1.54, 1.807) is 7.11 Å². The summed E-state index contributed by atoms with van der Waals surface area (Å²) in [6.45, 7) is 2.20. The fraction of sp³-hybridized carbons (Fsp3) is 0.667. The van der Waals surface area contributed by atoms with E-state index >= 15 is 0 Å². The van der Waals surface area contributed by atoms with Crippen LogP contribution >= 0.6 is 0 Å². The molecule has 1 heterocycles. The molecule has 112 valence electrons. The third-order valence-corrected chi connectivity index (χ3v) is 3.80. The molecule has 2 N–H and O–H groups in total. The minimum atomic E-state index is -0.833. The summed E-state index contributed by atoms with van der Waals surface area (Å²) in [5.74, 6) is 1.31. The van der Waals surface area contributed by atoms with Crippen molar-refractivity contribution in [1.29, 1.82) is 0 Å². The summed E-state index contributed by atoms with van der Waals surface area (Å²) in [6.07, 6.45) is 3.53. The summed E-state index contributed by atoms with van der Waals surface area (Å²) in [7, 11) is 1.58. The number of furan rings is 1. The molecule has 1 aliphatic carbocycles. The number of rotatable bonds is 6. The zero-order valence-corrected chi connectivity index (χ0v) is 12.1.